The van der Waals surface area contributed by atoms with Crippen molar-refractivity contribution in [2.24, 2.45) is 0 Å². The Morgan fingerprint density at radius 2 is 2.23 bits per heavy atom. The minimum atomic E-state index is 1.08. The molecule has 1 rings (SSSR count). The van der Waals surface area contributed by atoms with E-state index in [9.17, 15) is 0 Å². The van der Waals surface area contributed by atoms with Crippen LogP contribution >= 0.6 is 11.3 Å². The van der Waals surface area contributed by atoms with Crippen LogP contribution in [0.5, 0.6) is 0 Å². The van der Waals surface area contributed by atoms with Crippen molar-refractivity contribution in [1.29, 1.82) is 0 Å². The highest BCUT2D eigenvalue weighted by molar-refractivity contribution is 7.09. The number of nitrogens with one attached hydrogen (secondary N) is 1. The van der Waals surface area contributed by atoms with Crippen LogP contribution in [-0.2, 0) is 6.42 Å². The molecule has 0 aliphatic carbocycles. The molecular weight excluding hydrogens is 178 g/mol. The molecule has 1 heterocycles. The maximum Gasteiger partial charge on any atom is 0.00482 e. The van der Waals surface area contributed by atoms with E-state index in [2.05, 4.69) is 35.0 Å². The Morgan fingerprint density at radius 3 is 2.92 bits per heavy atom. The third-order valence-electron chi connectivity index (χ3n) is 1.87. The molecule has 0 bridgehead atoms. The first kappa shape index (κ1) is 10.5. The fraction of sp³-hybridized carbons (Fsp3) is 0.455. The van der Waals surface area contributed by atoms with Crippen molar-refractivity contribution < 1.29 is 0 Å². The first-order valence-corrected chi connectivity index (χ1v) is 5.63. The lowest BCUT2D eigenvalue weighted by molar-refractivity contribution is 0.805. The second-order valence-electron chi connectivity index (χ2n) is 2.98. The van der Waals surface area contributed by atoms with E-state index in [0.29, 0.717) is 0 Å². The van der Waals surface area contributed by atoms with E-state index in [4.69, 9.17) is 0 Å². The third kappa shape index (κ3) is 4.86. The molecule has 2 heteroatoms. The highest BCUT2D eigenvalue weighted by Gasteiger charge is 1.89. The fourth-order valence-electron chi connectivity index (χ4n) is 1.14. The first-order chi connectivity index (χ1) is 6.43. The summed E-state index contributed by atoms with van der Waals surface area (Å²) < 4.78 is 0. The van der Waals surface area contributed by atoms with Crippen LogP contribution in [0.25, 0.3) is 0 Å². The van der Waals surface area contributed by atoms with Gasteiger partial charge in [0.1, 0.15) is 0 Å². The highest BCUT2D eigenvalue weighted by atomic mass is 32.1. The van der Waals surface area contributed by atoms with Crippen LogP contribution in [0.3, 0.4) is 0 Å². The number of thiophene rings is 1. The summed E-state index contributed by atoms with van der Waals surface area (Å²) in [6, 6.07) is 4.32. The lowest BCUT2D eigenvalue weighted by Crippen LogP contribution is -2.05. The molecule has 0 aliphatic rings. The van der Waals surface area contributed by atoms with E-state index in [1.807, 2.05) is 18.4 Å². The third-order valence-corrected chi connectivity index (χ3v) is 2.80. The van der Waals surface area contributed by atoms with E-state index < -0.39 is 0 Å². The molecule has 1 nitrogen and oxygen atoms in total. The molecule has 1 aromatic heterocycles. The lowest BCUT2D eigenvalue weighted by atomic mass is 10.2. The summed E-state index contributed by atoms with van der Waals surface area (Å²) in [6.45, 7) is 1.08. The second kappa shape index (κ2) is 6.87. The van der Waals surface area contributed by atoms with Crippen molar-refractivity contribution in [2.45, 2.75) is 19.3 Å². The van der Waals surface area contributed by atoms with Crippen molar-refractivity contribution >= 4 is 11.3 Å². The van der Waals surface area contributed by atoms with Crippen molar-refractivity contribution in [1.82, 2.24) is 5.32 Å². The molecule has 1 N–H and O–H groups in total. The Kier molecular flexibility index (Phi) is 5.54. The van der Waals surface area contributed by atoms with Crippen LogP contribution in [0.15, 0.2) is 29.7 Å². The van der Waals surface area contributed by atoms with E-state index in [1.165, 1.54) is 17.7 Å². The maximum absolute atomic E-state index is 3.12. The molecule has 0 aliphatic heterocycles. The normalized spacial score (nSPS) is 11.2. The van der Waals surface area contributed by atoms with Crippen LogP contribution < -0.4 is 5.32 Å². The summed E-state index contributed by atoms with van der Waals surface area (Å²) in [5.74, 6) is 0. The van der Waals surface area contributed by atoms with E-state index >= 15 is 0 Å². The van der Waals surface area contributed by atoms with Gasteiger partial charge in [0.15, 0.2) is 0 Å². The highest BCUT2D eigenvalue weighted by Crippen LogP contribution is 2.10. The molecule has 72 valence electrons. The van der Waals surface area contributed by atoms with Gasteiger partial charge in [-0.15, -0.1) is 11.3 Å². The Labute approximate surface area is 84.5 Å². The predicted octanol–water partition coefficient (Wildman–Crippen LogP) is 2.85. The van der Waals surface area contributed by atoms with Gasteiger partial charge < -0.3 is 5.32 Å². The number of hydrogen-bond acceptors (Lipinski definition) is 2. The fourth-order valence-corrected chi connectivity index (χ4v) is 1.87. The van der Waals surface area contributed by atoms with Crippen molar-refractivity contribution in [3.05, 3.63) is 34.5 Å². The number of rotatable bonds is 6. The Balaban J connectivity index is 2.04. The van der Waals surface area contributed by atoms with Gasteiger partial charge in [0, 0.05) is 4.88 Å². The predicted molar refractivity (Wildman–Crippen MR) is 60.3 cm³/mol. The average Bonchev–Trinajstić information content (AvgIpc) is 2.63. The molecule has 0 saturated carbocycles. The van der Waals surface area contributed by atoms with Crippen molar-refractivity contribution in [2.75, 3.05) is 13.6 Å². The van der Waals surface area contributed by atoms with Gasteiger partial charge in [0.25, 0.3) is 0 Å². The zero-order valence-corrected chi connectivity index (χ0v) is 8.94. The minimum Gasteiger partial charge on any atom is -0.319 e. The molecule has 0 atom stereocenters. The molecule has 1 aromatic rings. The largest absolute Gasteiger partial charge is 0.319 e. The summed E-state index contributed by atoms with van der Waals surface area (Å²) >= 11 is 1.84. The van der Waals surface area contributed by atoms with Gasteiger partial charge in [0.2, 0.25) is 0 Å². The van der Waals surface area contributed by atoms with Crippen molar-refractivity contribution in [3.63, 3.8) is 0 Å². The Morgan fingerprint density at radius 1 is 1.38 bits per heavy atom. The van der Waals surface area contributed by atoms with E-state index in [1.54, 1.807) is 0 Å². The molecule has 0 unspecified atom stereocenters. The molecule has 0 saturated heterocycles. The van der Waals surface area contributed by atoms with Gasteiger partial charge in [-0.05, 0) is 44.3 Å². The van der Waals surface area contributed by atoms with Crippen molar-refractivity contribution in [3.8, 4) is 0 Å². The molecule has 0 fully saturated rings. The summed E-state index contributed by atoms with van der Waals surface area (Å²) in [7, 11) is 1.99. The number of hydrogen-bond donors (Lipinski definition) is 1. The smallest absolute Gasteiger partial charge is 0.00482 e. The maximum atomic E-state index is 3.12. The van der Waals surface area contributed by atoms with Gasteiger partial charge in [-0.3, -0.25) is 0 Å². The zero-order chi connectivity index (χ0) is 9.36. The Bertz CT molecular complexity index is 226. The standard InChI is InChI=1S/C11H17NS/c1-12-9-5-3-2-4-7-11-8-6-10-13-11/h2-3,6,8,10,12H,4-5,7,9H2,1H3. The van der Waals surface area contributed by atoms with Gasteiger partial charge in [-0.2, -0.15) is 0 Å². The summed E-state index contributed by atoms with van der Waals surface area (Å²) in [4.78, 5) is 1.48. The van der Waals surface area contributed by atoms with Crippen LogP contribution in [0.4, 0.5) is 0 Å². The van der Waals surface area contributed by atoms with E-state index in [0.717, 1.165) is 13.0 Å². The number of allylic oxidation sites excluding steroid dienone is 1. The van der Waals surface area contributed by atoms with Gasteiger partial charge in [-0.1, -0.05) is 18.2 Å². The average molecular weight is 195 g/mol. The van der Waals surface area contributed by atoms with Crippen LogP contribution in [0, 0.1) is 0 Å². The molecule has 0 amide bonds. The summed E-state index contributed by atoms with van der Waals surface area (Å²) in [6.07, 6.45) is 8.03. The van der Waals surface area contributed by atoms with Crippen LogP contribution in [0.1, 0.15) is 17.7 Å². The Hall–Kier alpha value is -0.600. The van der Waals surface area contributed by atoms with Gasteiger partial charge in [-0.25, -0.2) is 0 Å². The molecule has 0 aromatic carbocycles. The summed E-state index contributed by atoms with van der Waals surface area (Å²) in [5, 5.41) is 5.26. The molecular formula is C11H17NS. The molecule has 0 spiro atoms. The first-order valence-electron chi connectivity index (χ1n) is 4.75. The molecule has 0 radical (unpaired) electrons. The zero-order valence-electron chi connectivity index (χ0n) is 8.12. The van der Waals surface area contributed by atoms with Crippen LogP contribution in [0.2, 0.25) is 0 Å². The monoisotopic (exact) mass is 195 g/mol. The number of aryl methyl sites for hydroxylation is 1. The topological polar surface area (TPSA) is 12.0 Å². The van der Waals surface area contributed by atoms with Gasteiger partial charge in [0.05, 0.1) is 0 Å². The SMILES string of the molecule is CNCCC=CCCc1cccs1. The minimum absolute atomic E-state index is 1.08. The quantitative estimate of drug-likeness (QED) is 0.543. The summed E-state index contributed by atoms with van der Waals surface area (Å²) in [5.41, 5.74) is 0. The lowest BCUT2D eigenvalue weighted by Gasteiger charge is -1.92. The van der Waals surface area contributed by atoms with Gasteiger partial charge >= 0.3 is 0 Å². The molecule has 13 heavy (non-hydrogen) atoms. The van der Waals surface area contributed by atoms with E-state index in [-0.39, 0.29) is 0 Å². The second-order valence-corrected chi connectivity index (χ2v) is 4.01. The van der Waals surface area contributed by atoms with Crippen LogP contribution in [-0.4, -0.2) is 13.6 Å².